The monoisotopic (exact) mass is 213 g/mol. The van der Waals surface area contributed by atoms with Crippen LogP contribution in [-0.2, 0) is 4.79 Å². The summed E-state index contributed by atoms with van der Waals surface area (Å²) < 4.78 is 0. The van der Waals surface area contributed by atoms with Gasteiger partial charge in [-0.3, -0.25) is 9.69 Å². The molecule has 1 saturated heterocycles. The lowest BCUT2D eigenvalue weighted by atomic mass is 9.97. The fraction of sp³-hybridized carbons (Fsp3) is 0.909. The highest BCUT2D eigenvalue weighted by molar-refractivity contribution is 5.73. The average Bonchev–Trinajstić information content (AvgIpc) is 2.18. The Morgan fingerprint density at radius 1 is 1.27 bits per heavy atom. The smallest absolute Gasteiger partial charge is 0.219 e. The zero-order valence-corrected chi connectivity index (χ0v) is 10.1. The van der Waals surface area contributed by atoms with Gasteiger partial charge in [0.2, 0.25) is 5.91 Å². The van der Waals surface area contributed by atoms with E-state index < -0.39 is 0 Å². The first-order valence-corrected chi connectivity index (χ1v) is 5.68. The van der Waals surface area contributed by atoms with Gasteiger partial charge in [-0.25, -0.2) is 0 Å². The fourth-order valence-corrected chi connectivity index (χ4v) is 2.14. The molecule has 1 amide bonds. The molecule has 1 aliphatic heterocycles. The molecule has 1 aliphatic rings. The molecule has 1 heterocycles. The first-order chi connectivity index (χ1) is 6.97. The highest BCUT2D eigenvalue weighted by Crippen LogP contribution is 2.19. The van der Waals surface area contributed by atoms with Gasteiger partial charge in [-0.1, -0.05) is 0 Å². The van der Waals surface area contributed by atoms with Crippen molar-refractivity contribution in [2.75, 3.05) is 32.7 Å². The first kappa shape index (κ1) is 12.5. The van der Waals surface area contributed by atoms with Crippen LogP contribution in [0.2, 0.25) is 0 Å². The SMILES string of the molecule is CC(=O)N1CCN(C(C)(C)CCN)CC1. The second kappa shape index (κ2) is 4.94. The summed E-state index contributed by atoms with van der Waals surface area (Å²) in [5.41, 5.74) is 5.77. The third-order valence-electron chi connectivity index (χ3n) is 3.34. The highest BCUT2D eigenvalue weighted by Gasteiger charge is 2.29. The summed E-state index contributed by atoms with van der Waals surface area (Å²) in [7, 11) is 0. The molecule has 4 heteroatoms. The number of amides is 1. The van der Waals surface area contributed by atoms with Crippen LogP contribution in [0.3, 0.4) is 0 Å². The highest BCUT2D eigenvalue weighted by atomic mass is 16.2. The van der Waals surface area contributed by atoms with Crippen LogP contribution in [0.4, 0.5) is 0 Å². The third kappa shape index (κ3) is 3.18. The second-order valence-electron chi connectivity index (χ2n) is 4.84. The minimum absolute atomic E-state index is 0.164. The maximum atomic E-state index is 11.2. The van der Waals surface area contributed by atoms with E-state index in [9.17, 15) is 4.79 Å². The molecular weight excluding hydrogens is 190 g/mol. The minimum Gasteiger partial charge on any atom is -0.340 e. The molecule has 0 saturated carbocycles. The van der Waals surface area contributed by atoms with Gasteiger partial charge in [0.05, 0.1) is 0 Å². The van der Waals surface area contributed by atoms with Gasteiger partial charge in [0.25, 0.3) is 0 Å². The lowest BCUT2D eigenvalue weighted by Gasteiger charge is -2.44. The topological polar surface area (TPSA) is 49.6 Å². The molecule has 0 aromatic carbocycles. The number of rotatable bonds is 3. The molecule has 0 aliphatic carbocycles. The van der Waals surface area contributed by atoms with E-state index in [4.69, 9.17) is 5.73 Å². The molecular formula is C11H23N3O. The molecule has 15 heavy (non-hydrogen) atoms. The molecule has 0 radical (unpaired) electrons. The second-order valence-corrected chi connectivity index (χ2v) is 4.84. The molecule has 0 spiro atoms. The molecule has 4 nitrogen and oxygen atoms in total. The molecule has 0 bridgehead atoms. The largest absolute Gasteiger partial charge is 0.340 e. The lowest BCUT2D eigenvalue weighted by molar-refractivity contribution is -0.131. The van der Waals surface area contributed by atoms with Crippen molar-refractivity contribution in [2.24, 2.45) is 5.73 Å². The Hall–Kier alpha value is -0.610. The molecule has 0 atom stereocenters. The summed E-state index contributed by atoms with van der Waals surface area (Å²) in [6.07, 6.45) is 1.01. The molecule has 1 fully saturated rings. The summed E-state index contributed by atoms with van der Waals surface area (Å²) in [6, 6.07) is 0. The Bertz CT molecular complexity index is 220. The van der Waals surface area contributed by atoms with Crippen molar-refractivity contribution >= 4 is 5.91 Å². The number of hydrogen-bond donors (Lipinski definition) is 1. The van der Waals surface area contributed by atoms with Crippen molar-refractivity contribution in [1.82, 2.24) is 9.80 Å². The average molecular weight is 213 g/mol. The maximum Gasteiger partial charge on any atom is 0.219 e. The Morgan fingerprint density at radius 3 is 2.20 bits per heavy atom. The number of carbonyl (C=O) groups is 1. The van der Waals surface area contributed by atoms with E-state index >= 15 is 0 Å². The van der Waals surface area contributed by atoms with E-state index in [0.717, 1.165) is 39.1 Å². The van der Waals surface area contributed by atoms with E-state index in [2.05, 4.69) is 18.7 Å². The molecule has 2 N–H and O–H groups in total. The quantitative estimate of drug-likeness (QED) is 0.732. The van der Waals surface area contributed by atoms with Crippen LogP contribution in [0.1, 0.15) is 27.2 Å². The van der Waals surface area contributed by atoms with Crippen molar-refractivity contribution < 1.29 is 4.79 Å². The number of hydrogen-bond acceptors (Lipinski definition) is 3. The van der Waals surface area contributed by atoms with Crippen LogP contribution in [-0.4, -0.2) is 54.0 Å². The van der Waals surface area contributed by atoms with Gasteiger partial charge in [0.1, 0.15) is 0 Å². The number of piperazine rings is 1. The van der Waals surface area contributed by atoms with E-state index in [0.29, 0.717) is 0 Å². The Kier molecular flexibility index (Phi) is 4.11. The van der Waals surface area contributed by atoms with Crippen molar-refractivity contribution in [1.29, 1.82) is 0 Å². The van der Waals surface area contributed by atoms with Gasteiger partial charge in [-0.2, -0.15) is 0 Å². The van der Waals surface area contributed by atoms with Gasteiger partial charge in [0, 0.05) is 38.6 Å². The number of nitrogens with zero attached hydrogens (tertiary/aromatic N) is 2. The van der Waals surface area contributed by atoms with Gasteiger partial charge in [0.15, 0.2) is 0 Å². The van der Waals surface area contributed by atoms with Crippen LogP contribution >= 0.6 is 0 Å². The molecule has 0 aromatic heterocycles. The van der Waals surface area contributed by atoms with Crippen LogP contribution in [0.15, 0.2) is 0 Å². The predicted octanol–water partition coefficient (Wildman–Crippen LogP) is 0.278. The van der Waals surface area contributed by atoms with Crippen LogP contribution in [0, 0.1) is 0 Å². The maximum absolute atomic E-state index is 11.2. The van der Waals surface area contributed by atoms with Crippen LogP contribution in [0.25, 0.3) is 0 Å². The van der Waals surface area contributed by atoms with Gasteiger partial charge in [-0.15, -0.1) is 0 Å². The Morgan fingerprint density at radius 2 is 1.80 bits per heavy atom. The number of carbonyl (C=O) groups excluding carboxylic acids is 1. The molecule has 88 valence electrons. The van der Waals surface area contributed by atoms with Crippen LogP contribution in [0.5, 0.6) is 0 Å². The van der Waals surface area contributed by atoms with Crippen molar-refractivity contribution in [2.45, 2.75) is 32.7 Å². The standard InChI is InChI=1S/C11H23N3O/c1-10(15)13-6-8-14(9-7-13)11(2,3)4-5-12/h4-9,12H2,1-3H3. The van der Waals surface area contributed by atoms with E-state index in [1.165, 1.54) is 0 Å². The molecule has 0 aromatic rings. The number of nitrogens with two attached hydrogens (primary N) is 1. The minimum atomic E-state index is 0.164. The zero-order valence-electron chi connectivity index (χ0n) is 10.1. The first-order valence-electron chi connectivity index (χ1n) is 5.68. The van der Waals surface area contributed by atoms with Crippen molar-refractivity contribution in [3.8, 4) is 0 Å². The van der Waals surface area contributed by atoms with Crippen molar-refractivity contribution in [3.63, 3.8) is 0 Å². The Balaban J connectivity index is 2.46. The zero-order chi connectivity index (χ0) is 11.5. The van der Waals surface area contributed by atoms with E-state index in [1.54, 1.807) is 6.92 Å². The van der Waals surface area contributed by atoms with Gasteiger partial charge in [-0.05, 0) is 26.8 Å². The Labute approximate surface area is 92.4 Å². The molecule has 0 unspecified atom stereocenters. The van der Waals surface area contributed by atoms with Crippen LogP contribution < -0.4 is 5.73 Å². The molecule has 1 rings (SSSR count). The summed E-state index contributed by atoms with van der Waals surface area (Å²) in [5, 5.41) is 0. The van der Waals surface area contributed by atoms with E-state index in [1.807, 2.05) is 4.90 Å². The lowest BCUT2D eigenvalue weighted by Crippen LogP contribution is -2.55. The normalized spacial score (nSPS) is 19.3. The summed E-state index contributed by atoms with van der Waals surface area (Å²) in [4.78, 5) is 15.5. The van der Waals surface area contributed by atoms with Crippen molar-refractivity contribution in [3.05, 3.63) is 0 Å². The third-order valence-corrected chi connectivity index (χ3v) is 3.34. The summed E-state index contributed by atoms with van der Waals surface area (Å²) >= 11 is 0. The van der Waals surface area contributed by atoms with E-state index in [-0.39, 0.29) is 11.4 Å². The fourth-order valence-electron chi connectivity index (χ4n) is 2.14. The summed E-state index contributed by atoms with van der Waals surface area (Å²) in [5.74, 6) is 0.186. The van der Waals surface area contributed by atoms with Gasteiger partial charge < -0.3 is 10.6 Å². The predicted molar refractivity (Wildman–Crippen MR) is 61.6 cm³/mol. The van der Waals surface area contributed by atoms with Gasteiger partial charge >= 0.3 is 0 Å². The summed E-state index contributed by atoms with van der Waals surface area (Å²) in [6.45, 7) is 10.4.